The first kappa shape index (κ1) is 15.0. The van der Waals surface area contributed by atoms with Crippen LogP contribution in [-0.2, 0) is 19.2 Å². The number of rotatable bonds is 5. The maximum absolute atomic E-state index is 11.6. The Morgan fingerprint density at radius 1 is 1.33 bits per heavy atom. The van der Waals surface area contributed by atoms with Crippen molar-refractivity contribution in [2.45, 2.75) is 25.7 Å². The minimum atomic E-state index is -0.869. The third kappa shape index (κ3) is 3.58. The highest BCUT2D eigenvalue weighted by Crippen LogP contribution is 2.17. The van der Waals surface area contributed by atoms with Crippen molar-refractivity contribution in [1.82, 2.24) is 9.91 Å². The van der Waals surface area contributed by atoms with E-state index in [0.717, 1.165) is 4.90 Å². The first-order chi connectivity index (χ1) is 9.99. The zero-order chi connectivity index (χ0) is 15.4. The van der Waals surface area contributed by atoms with Gasteiger partial charge < -0.3 is 15.2 Å². The lowest BCUT2D eigenvalue weighted by Crippen LogP contribution is -2.40. The zero-order valence-corrected chi connectivity index (χ0v) is 11.3. The molecule has 0 radical (unpaired) electrons. The van der Waals surface area contributed by atoms with E-state index < -0.39 is 11.9 Å². The minimum absolute atomic E-state index is 0.145. The number of imide groups is 1. The highest BCUT2D eigenvalue weighted by atomic mass is 16.7. The number of carbonyl (C=O) groups excluding carboxylic acids is 2. The van der Waals surface area contributed by atoms with Crippen LogP contribution >= 0.6 is 0 Å². The van der Waals surface area contributed by atoms with Crippen LogP contribution in [0.1, 0.15) is 25.7 Å². The number of carboxylic acids is 1. The molecule has 116 valence electrons. The van der Waals surface area contributed by atoms with Crippen molar-refractivity contribution in [2.24, 2.45) is 11.2 Å². The molecule has 2 saturated heterocycles. The Morgan fingerprint density at radius 2 is 1.90 bits per heavy atom. The van der Waals surface area contributed by atoms with Gasteiger partial charge in [-0.05, 0) is 12.8 Å². The van der Waals surface area contributed by atoms with Crippen molar-refractivity contribution in [3.05, 3.63) is 5.21 Å². The largest absolute Gasteiger partial charge is 0.569 e. The fraction of sp³-hybridized carbons (Fsp3) is 0.727. The monoisotopic (exact) mass is 300 g/mol. The lowest BCUT2D eigenvalue weighted by atomic mass is 9.98. The summed E-state index contributed by atoms with van der Waals surface area (Å²) in [6.45, 7) is 0.131. The first-order valence-electron chi connectivity index (χ1n) is 6.60. The second-order valence-corrected chi connectivity index (χ2v) is 4.87. The predicted octanol–water partition coefficient (Wildman–Crippen LogP) is -0.301. The van der Waals surface area contributed by atoms with Gasteiger partial charge in [0, 0.05) is 12.8 Å². The van der Waals surface area contributed by atoms with Crippen molar-refractivity contribution >= 4 is 17.8 Å². The quantitative estimate of drug-likeness (QED) is 0.319. The fourth-order valence-corrected chi connectivity index (χ4v) is 2.24. The van der Waals surface area contributed by atoms with Gasteiger partial charge in [-0.1, -0.05) is 0 Å². The van der Waals surface area contributed by atoms with Crippen LogP contribution in [0.5, 0.6) is 0 Å². The van der Waals surface area contributed by atoms with Gasteiger partial charge in [-0.15, -0.1) is 5.01 Å². The average Bonchev–Trinajstić information content (AvgIpc) is 2.79. The van der Waals surface area contributed by atoms with Crippen LogP contribution in [0.15, 0.2) is 5.28 Å². The van der Waals surface area contributed by atoms with Gasteiger partial charge in [-0.25, -0.2) is 4.90 Å². The number of aliphatic carboxylic acids is 1. The van der Waals surface area contributed by atoms with E-state index in [9.17, 15) is 19.6 Å². The van der Waals surface area contributed by atoms with E-state index in [0.29, 0.717) is 12.8 Å². The second-order valence-electron chi connectivity index (χ2n) is 4.87. The molecule has 0 aromatic carbocycles. The van der Waals surface area contributed by atoms with Gasteiger partial charge in [0.25, 0.3) is 0 Å². The Hall–Kier alpha value is -2.39. The number of carboxylic acid groups (broad SMARTS) is 1. The fourth-order valence-electron chi connectivity index (χ4n) is 2.24. The number of likely N-dealkylation sites (tertiary alicyclic amines) is 1. The van der Waals surface area contributed by atoms with Gasteiger partial charge in [0.05, 0.1) is 24.0 Å². The molecule has 21 heavy (non-hydrogen) atoms. The number of hydrogen-bond acceptors (Lipinski definition) is 6. The van der Waals surface area contributed by atoms with E-state index in [1.165, 1.54) is 5.01 Å². The van der Waals surface area contributed by atoms with Crippen LogP contribution in [0.3, 0.4) is 0 Å². The van der Waals surface area contributed by atoms with Crippen LogP contribution < -0.4 is 0 Å². The molecule has 1 N–H and O–H groups in total. The van der Waals surface area contributed by atoms with Crippen molar-refractivity contribution in [3.8, 4) is 0 Å². The second kappa shape index (κ2) is 6.37. The summed E-state index contributed by atoms with van der Waals surface area (Å²) in [4.78, 5) is 39.2. The predicted molar refractivity (Wildman–Crippen MR) is 65.0 cm³/mol. The first-order valence-corrected chi connectivity index (χ1v) is 6.60. The molecule has 0 aromatic rings. The molecule has 2 amide bonds. The van der Waals surface area contributed by atoms with Gasteiger partial charge in [0.2, 0.25) is 23.8 Å². The summed E-state index contributed by atoms with van der Waals surface area (Å²) in [6, 6.07) is 0. The van der Waals surface area contributed by atoms with E-state index in [1.54, 1.807) is 0 Å². The summed E-state index contributed by atoms with van der Waals surface area (Å²) in [6.07, 6.45) is 0.997. The summed E-state index contributed by atoms with van der Waals surface area (Å²) in [5.41, 5.74) is 0. The Labute approximate surface area is 120 Å². The molecular weight excluding hydrogens is 284 g/mol. The van der Waals surface area contributed by atoms with Crippen molar-refractivity contribution < 1.29 is 29.3 Å². The number of hydrazine groups is 1. The molecule has 2 heterocycles. The number of amides is 2. The molecule has 0 aliphatic carbocycles. The van der Waals surface area contributed by atoms with Crippen molar-refractivity contribution in [2.75, 3.05) is 19.8 Å². The third-order valence-electron chi connectivity index (χ3n) is 3.53. The Bertz CT molecular complexity index is 455. The number of nitrogens with zero attached hydrogens (tertiary/aromatic N) is 4. The molecule has 0 bridgehead atoms. The summed E-state index contributed by atoms with van der Waals surface area (Å²) < 4.78 is 0. The van der Waals surface area contributed by atoms with Crippen LogP contribution in [0.2, 0.25) is 0 Å². The standard InChI is InChI=1S/C11H16N4O6/c16-9-1-2-10(17)14(9)7-21-12-15(20)13-5-3-8(4-6-13)11(18)19/h8H,1-7H2,(H,18,19). The van der Waals surface area contributed by atoms with Gasteiger partial charge >= 0.3 is 5.97 Å². The average molecular weight is 300 g/mol. The smallest absolute Gasteiger partial charge is 0.306 e. The van der Waals surface area contributed by atoms with Gasteiger partial charge in [0.1, 0.15) is 0 Å². The van der Waals surface area contributed by atoms with E-state index in [-0.39, 0.29) is 49.4 Å². The number of hydrogen-bond donors (Lipinski definition) is 1. The van der Waals surface area contributed by atoms with Gasteiger partial charge in [0.15, 0.2) is 0 Å². The molecule has 2 aliphatic rings. The lowest BCUT2D eigenvalue weighted by Gasteiger charge is -2.25. The molecule has 10 nitrogen and oxygen atoms in total. The molecule has 0 unspecified atom stereocenters. The third-order valence-corrected chi connectivity index (χ3v) is 3.53. The van der Waals surface area contributed by atoms with E-state index in [2.05, 4.69) is 5.28 Å². The number of carbonyl (C=O) groups is 3. The van der Waals surface area contributed by atoms with Crippen molar-refractivity contribution in [1.29, 1.82) is 0 Å². The zero-order valence-electron chi connectivity index (χ0n) is 11.3. The Morgan fingerprint density at radius 3 is 2.43 bits per heavy atom. The highest BCUT2D eigenvalue weighted by molar-refractivity contribution is 6.01. The summed E-state index contributed by atoms with van der Waals surface area (Å²) in [5.74, 6) is -2.02. The summed E-state index contributed by atoms with van der Waals surface area (Å²) in [5, 5.41) is 25.0. The Balaban J connectivity index is 1.78. The maximum atomic E-state index is 11.6. The molecule has 2 aliphatic heterocycles. The SMILES string of the molecule is O=C(O)C1CCN([N+]([O-])=NOCN2C(=O)CCC2=O)CC1. The molecule has 10 heteroatoms. The van der Waals surface area contributed by atoms with Crippen molar-refractivity contribution in [3.63, 3.8) is 0 Å². The molecular formula is C11H16N4O6. The van der Waals surface area contributed by atoms with E-state index >= 15 is 0 Å². The van der Waals surface area contributed by atoms with E-state index in [1.807, 2.05) is 0 Å². The highest BCUT2D eigenvalue weighted by Gasteiger charge is 2.30. The number of piperidine rings is 1. The van der Waals surface area contributed by atoms with E-state index in [4.69, 9.17) is 9.94 Å². The molecule has 0 aromatic heterocycles. The van der Waals surface area contributed by atoms with Crippen LogP contribution in [0.25, 0.3) is 0 Å². The Kier molecular flexibility index (Phi) is 4.55. The van der Waals surface area contributed by atoms with Crippen LogP contribution in [-0.4, -0.2) is 57.6 Å². The molecule has 0 spiro atoms. The van der Waals surface area contributed by atoms with Gasteiger partial charge in [-0.2, -0.15) is 0 Å². The minimum Gasteiger partial charge on any atom is -0.569 e. The molecule has 0 atom stereocenters. The molecule has 2 rings (SSSR count). The molecule has 0 saturated carbocycles. The summed E-state index contributed by atoms with van der Waals surface area (Å²) >= 11 is 0. The lowest BCUT2D eigenvalue weighted by molar-refractivity contribution is -0.713. The maximum Gasteiger partial charge on any atom is 0.306 e. The normalized spacial score (nSPS) is 21.0. The topological polar surface area (TPSA) is 126 Å². The van der Waals surface area contributed by atoms with Crippen LogP contribution in [0.4, 0.5) is 0 Å². The van der Waals surface area contributed by atoms with Gasteiger partial charge in [-0.3, -0.25) is 14.4 Å². The summed E-state index contributed by atoms with van der Waals surface area (Å²) in [7, 11) is 0. The van der Waals surface area contributed by atoms with Crippen LogP contribution in [0, 0.1) is 11.1 Å². The molecule has 2 fully saturated rings.